The van der Waals surface area contributed by atoms with Crippen LogP contribution in [0.1, 0.15) is 26.3 Å². The minimum atomic E-state index is 0.565. The quantitative estimate of drug-likeness (QED) is 0.879. The maximum absolute atomic E-state index is 3.53. The third-order valence-electron chi connectivity index (χ3n) is 4.45. The standard InChI is InChI=1S/C16H25N3/c1-4-13-5-6-15-16(9-13)18-8-7-17-10-14(18)11-19(15)12(2)3/h5-6,9,12,14,17H,4,7-8,10-11H2,1-3H3. The van der Waals surface area contributed by atoms with Crippen LogP contribution in [0.5, 0.6) is 0 Å². The highest BCUT2D eigenvalue weighted by molar-refractivity contribution is 5.75. The van der Waals surface area contributed by atoms with Gasteiger partial charge in [0.15, 0.2) is 0 Å². The van der Waals surface area contributed by atoms with Crippen LogP contribution in [0.25, 0.3) is 0 Å². The molecule has 3 rings (SSSR count). The molecule has 1 aromatic rings. The molecular formula is C16H25N3. The zero-order valence-electron chi connectivity index (χ0n) is 12.3. The fourth-order valence-corrected chi connectivity index (χ4v) is 3.32. The molecule has 0 amide bonds. The number of piperazine rings is 1. The Morgan fingerprint density at radius 3 is 2.89 bits per heavy atom. The van der Waals surface area contributed by atoms with Crippen LogP contribution in [0, 0.1) is 0 Å². The van der Waals surface area contributed by atoms with Crippen molar-refractivity contribution in [1.29, 1.82) is 0 Å². The maximum Gasteiger partial charge on any atom is 0.0611 e. The number of fused-ring (bicyclic) bond motifs is 3. The van der Waals surface area contributed by atoms with Gasteiger partial charge in [0.25, 0.3) is 0 Å². The van der Waals surface area contributed by atoms with E-state index in [0.717, 1.165) is 32.6 Å². The van der Waals surface area contributed by atoms with Gasteiger partial charge in [-0.3, -0.25) is 0 Å². The minimum absolute atomic E-state index is 0.565. The summed E-state index contributed by atoms with van der Waals surface area (Å²) in [5.74, 6) is 0. The van der Waals surface area contributed by atoms with E-state index < -0.39 is 0 Å². The van der Waals surface area contributed by atoms with Crippen LogP contribution in [-0.2, 0) is 6.42 Å². The van der Waals surface area contributed by atoms with Crippen LogP contribution in [-0.4, -0.2) is 38.3 Å². The molecule has 2 heterocycles. The Kier molecular flexibility index (Phi) is 3.40. The van der Waals surface area contributed by atoms with Gasteiger partial charge in [0.1, 0.15) is 0 Å². The van der Waals surface area contributed by atoms with Gasteiger partial charge in [0, 0.05) is 32.2 Å². The van der Waals surface area contributed by atoms with Crippen molar-refractivity contribution in [2.75, 3.05) is 36.0 Å². The third-order valence-corrected chi connectivity index (χ3v) is 4.45. The van der Waals surface area contributed by atoms with E-state index in [1.54, 1.807) is 0 Å². The summed E-state index contributed by atoms with van der Waals surface area (Å²) in [5.41, 5.74) is 4.32. The Labute approximate surface area is 116 Å². The lowest BCUT2D eigenvalue weighted by Crippen LogP contribution is -2.59. The Morgan fingerprint density at radius 1 is 1.32 bits per heavy atom. The topological polar surface area (TPSA) is 18.5 Å². The van der Waals surface area contributed by atoms with E-state index in [1.165, 1.54) is 16.9 Å². The van der Waals surface area contributed by atoms with Crippen LogP contribution in [0.15, 0.2) is 18.2 Å². The van der Waals surface area contributed by atoms with Gasteiger partial charge in [0.05, 0.1) is 17.4 Å². The minimum Gasteiger partial charge on any atom is -0.365 e. The second-order valence-corrected chi connectivity index (χ2v) is 5.97. The molecule has 1 unspecified atom stereocenters. The van der Waals surface area contributed by atoms with E-state index in [2.05, 4.69) is 54.1 Å². The van der Waals surface area contributed by atoms with Crippen molar-refractivity contribution in [3.8, 4) is 0 Å². The summed E-state index contributed by atoms with van der Waals surface area (Å²) in [7, 11) is 0. The third kappa shape index (κ3) is 2.20. The molecule has 0 aliphatic carbocycles. The normalized spacial score (nSPS) is 22.4. The van der Waals surface area contributed by atoms with Crippen LogP contribution >= 0.6 is 0 Å². The molecule has 0 bridgehead atoms. The molecule has 1 N–H and O–H groups in total. The van der Waals surface area contributed by atoms with Crippen molar-refractivity contribution in [3.05, 3.63) is 23.8 Å². The van der Waals surface area contributed by atoms with Gasteiger partial charge in [-0.15, -0.1) is 0 Å². The van der Waals surface area contributed by atoms with Gasteiger partial charge in [-0.1, -0.05) is 13.0 Å². The monoisotopic (exact) mass is 259 g/mol. The van der Waals surface area contributed by atoms with E-state index in [1.807, 2.05) is 0 Å². The van der Waals surface area contributed by atoms with Gasteiger partial charge in [-0.05, 0) is 38.0 Å². The Bertz CT molecular complexity index is 455. The first-order valence-corrected chi connectivity index (χ1v) is 7.57. The van der Waals surface area contributed by atoms with Crippen molar-refractivity contribution in [3.63, 3.8) is 0 Å². The van der Waals surface area contributed by atoms with Gasteiger partial charge < -0.3 is 15.1 Å². The highest BCUT2D eigenvalue weighted by atomic mass is 15.3. The lowest BCUT2D eigenvalue weighted by Gasteiger charge is -2.48. The Hall–Kier alpha value is -1.22. The molecule has 3 heteroatoms. The fraction of sp³-hybridized carbons (Fsp3) is 0.625. The number of anilines is 2. The zero-order valence-corrected chi connectivity index (χ0v) is 12.3. The van der Waals surface area contributed by atoms with Gasteiger partial charge in [-0.2, -0.15) is 0 Å². The van der Waals surface area contributed by atoms with Gasteiger partial charge in [0.2, 0.25) is 0 Å². The lowest BCUT2D eigenvalue weighted by atomic mass is 10.0. The maximum atomic E-state index is 3.53. The number of rotatable bonds is 2. The van der Waals surface area contributed by atoms with Crippen LogP contribution in [0.3, 0.4) is 0 Å². The first kappa shape index (κ1) is 12.8. The summed E-state index contributed by atoms with van der Waals surface area (Å²) in [6, 6.07) is 8.21. The summed E-state index contributed by atoms with van der Waals surface area (Å²) in [6.45, 7) is 11.3. The summed E-state index contributed by atoms with van der Waals surface area (Å²) < 4.78 is 0. The average Bonchev–Trinajstić information content (AvgIpc) is 2.45. The number of aryl methyl sites for hydroxylation is 1. The summed E-state index contributed by atoms with van der Waals surface area (Å²) in [4.78, 5) is 5.17. The fourth-order valence-electron chi connectivity index (χ4n) is 3.32. The molecule has 3 nitrogen and oxygen atoms in total. The van der Waals surface area contributed by atoms with E-state index in [9.17, 15) is 0 Å². The summed E-state index contributed by atoms with van der Waals surface area (Å²) in [6.07, 6.45) is 1.12. The van der Waals surface area contributed by atoms with Crippen molar-refractivity contribution in [2.45, 2.75) is 39.3 Å². The molecule has 1 fully saturated rings. The zero-order chi connectivity index (χ0) is 13.4. The number of benzene rings is 1. The molecule has 0 aromatic heterocycles. The number of hydrogen-bond acceptors (Lipinski definition) is 3. The molecule has 0 spiro atoms. The first-order chi connectivity index (χ1) is 9.20. The predicted octanol–water partition coefficient (Wildman–Crippen LogP) is 2.26. The van der Waals surface area contributed by atoms with Crippen LogP contribution in [0.2, 0.25) is 0 Å². The van der Waals surface area contributed by atoms with Crippen molar-refractivity contribution in [2.24, 2.45) is 0 Å². The highest BCUT2D eigenvalue weighted by Crippen LogP contribution is 2.37. The van der Waals surface area contributed by atoms with Crippen molar-refractivity contribution >= 4 is 11.4 Å². The highest BCUT2D eigenvalue weighted by Gasteiger charge is 2.33. The average molecular weight is 259 g/mol. The first-order valence-electron chi connectivity index (χ1n) is 7.57. The van der Waals surface area contributed by atoms with Crippen LogP contribution in [0.4, 0.5) is 11.4 Å². The molecule has 2 aliphatic heterocycles. The van der Waals surface area contributed by atoms with E-state index in [4.69, 9.17) is 0 Å². The molecular weight excluding hydrogens is 234 g/mol. The van der Waals surface area contributed by atoms with Crippen molar-refractivity contribution in [1.82, 2.24) is 5.32 Å². The van der Waals surface area contributed by atoms with Crippen molar-refractivity contribution < 1.29 is 0 Å². The van der Waals surface area contributed by atoms with E-state index in [-0.39, 0.29) is 0 Å². The number of nitrogens with zero attached hydrogens (tertiary/aromatic N) is 2. The van der Waals surface area contributed by atoms with E-state index in [0.29, 0.717) is 12.1 Å². The molecule has 0 saturated carbocycles. The molecule has 2 aliphatic rings. The number of nitrogens with one attached hydrogen (secondary N) is 1. The predicted molar refractivity (Wildman–Crippen MR) is 82.3 cm³/mol. The molecule has 1 atom stereocenters. The van der Waals surface area contributed by atoms with Gasteiger partial charge >= 0.3 is 0 Å². The smallest absolute Gasteiger partial charge is 0.0611 e. The van der Waals surface area contributed by atoms with Crippen LogP contribution < -0.4 is 15.1 Å². The Balaban J connectivity index is 2.04. The van der Waals surface area contributed by atoms with Gasteiger partial charge in [-0.25, -0.2) is 0 Å². The molecule has 1 aromatic carbocycles. The SMILES string of the molecule is CCc1ccc2c(c1)N1CCNCC1CN2C(C)C. The number of hydrogen-bond donors (Lipinski definition) is 1. The Morgan fingerprint density at radius 2 is 2.16 bits per heavy atom. The largest absolute Gasteiger partial charge is 0.365 e. The summed E-state index contributed by atoms with van der Waals surface area (Å²) >= 11 is 0. The molecule has 1 saturated heterocycles. The lowest BCUT2D eigenvalue weighted by molar-refractivity contribution is 0.448. The second-order valence-electron chi connectivity index (χ2n) is 5.97. The summed E-state index contributed by atoms with van der Waals surface area (Å²) in [5, 5.41) is 3.53. The molecule has 0 radical (unpaired) electrons. The molecule has 19 heavy (non-hydrogen) atoms. The van der Waals surface area contributed by atoms with E-state index >= 15 is 0 Å². The second kappa shape index (κ2) is 5.04. The molecule has 104 valence electrons.